The minimum atomic E-state index is -0.251. The summed E-state index contributed by atoms with van der Waals surface area (Å²) in [4.78, 5) is 33.1. The van der Waals surface area contributed by atoms with E-state index in [1.807, 2.05) is 40.6 Å². The van der Waals surface area contributed by atoms with Crippen molar-refractivity contribution >= 4 is 44.9 Å². The fraction of sp³-hybridized carbons (Fsp3) is 0.250. The topological polar surface area (TPSA) is 55.2 Å². The molecule has 0 radical (unpaired) electrons. The molecule has 1 fully saturated rings. The molecule has 1 aliphatic heterocycles. The van der Waals surface area contributed by atoms with Crippen molar-refractivity contribution in [2.24, 2.45) is 0 Å². The third kappa shape index (κ3) is 3.44. The van der Waals surface area contributed by atoms with Crippen LogP contribution in [0.25, 0.3) is 10.2 Å². The molecule has 1 unspecified atom stereocenters. The number of anilines is 1. The molecule has 4 rings (SSSR count). The number of aromatic nitrogens is 2. The Hall–Kier alpha value is -2.38. The highest BCUT2D eigenvalue weighted by molar-refractivity contribution is 8.00. The van der Waals surface area contributed by atoms with E-state index in [2.05, 4.69) is 11.6 Å². The lowest BCUT2D eigenvalue weighted by atomic mass is 10.1. The summed E-state index contributed by atoms with van der Waals surface area (Å²) in [5.41, 5.74) is 0.838. The van der Waals surface area contributed by atoms with Gasteiger partial charge in [-0.3, -0.25) is 14.2 Å². The Morgan fingerprint density at radius 1 is 1.26 bits per heavy atom. The first kappa shape index (κ1) is 18.0. The van der Waals surface area contributed by atoms with Crippen molar-refractivity contribution in [1.29, 1.82) is 0 Å². The van der Waals surface area contributed by atoms with Crippen molar-refractivity contribution in [3.8, 4) is 0 Å². The number of thioether (sulfide) groups is 1. The molecule has 1 saturated heterocycles. The van der Waals surface area contributed by atoms with Gasteiger partial charge in [-0.2, -0.15) is 0 Å². The highest BCUT2D eigenvalue weighted by Gasteiger charge is 2.31. The molecular formula is C20H19N3O2S2. The second-order valence-electron chi connectivity index (χ2n) is 6.31. The van der Waals surface area contributed by atoms with E-state index in [9.17, 15) is 9.59 Å². The van der Waals surface area contributed by atoms with E-state index in [1.54, 1.807) is 16.7 Å². The van der Waals surface area contributed by atoms with E-state index in [4.69, 9.17) is 0 Å². The molecule has 0 N–H and O–H groups in total. The van der Waals surface area contributed by atoms with Crippen molar-refractivity contribution < 1.29 is 4.79 Å². The number of benzene rings is 1. The number of thiophene rings is 1. The summed E-state index contributed by atoms with van der Waals surface area (Å²) in [5, 5.41) is 2.82. The highest BCUT2D eigenvalue weighted by Crippen LogP contribution is 2.32. The van der Waals surface area contributed by atoms with Gasteiger partial charge in [-0.15, -0.1) is 17.9 Å². The van der Waals surface area contributed by atoms with Gasteiger partial charge in [0.15, 0.2) is 5.16 Å². The Bertz CT molecular complexity index is 1040. The average Bonchev–Trinajstić information content (AvgIpc) is 3.16. The normalized spacial score (nSPS) is 17.4. The summed E-state index contributed by atoms with van der Waals surface area (Å²) >= 11 is 2.83. The molecule has 1 aromatic carbocycles. The van der Waals surface area contributed by atoms with Crippen molar-refractivity contribution in [2.45, 2.75) is 29.8 Å². The van der Waals surface area contributed by atoms with E-state index in [0.29, 0.717) is 21.9 Å². The van der Waals surface area contributed by atoms with Crippen LogP contribution in [0.5, 0.6) is 0 Å². The van der Waals surface area contributed by atoms with E-state index in [0.717, 1.165) is 25.1 Å². The van der Waals surface area contributed by atoms with Crippen LogP contribution in [0.15, 0.2) is 64.4 Å². The minimum Gasteiger partial charge on any atom is -0.311 e. The first-order valence-electron chi connectivity index (χ1n) is 8.81. The van der Waals surface area contributed by atoms with Crippen LogP contribution in [-0.2, 0) is 11.3 Å². The summed E-state index contributed by atoms with van der Waals surface area (Å²) in [6.07, 6.45) is 3.38. The molecule has 27 heavy (non-hydrogen) atoms. The number of para-hydroxylation sites is 1. The van der Waals surface area contributed by atoms with Crippen LogP contribution < -0.4 is 10.5 Å². The number of hydrogen-bond acceptors (Lipinski definition) is 5. The van der Waals surface area contributed by atoms with Crippen LogP contribution in [0.2, 0.25) is 0 Å². The summed E-state index contributed by atoms with van der Waals surface area (Å²) < 4.78 is 1.61. The monoisotopic (exact) mass is 397 g/mol. The number of carbonyl (C=O) groups excluding carboxylic acids is 1. The van der Waals surface area contributed by atoms with Gasteiger partial charge in [0.1, 0.15) is 4.83 Å². The van der Waals surface area contributed by atoms with Gasteiger partial charge in [0.25, 0.3) is 5.56 Å². The molecule has 3 aromatic rings. The molecule has 5 nitrogen and oxygen atoms in total. The fourth-order valence-corrected chi connectivity index (χ4v) is 5.26. The number of rotatable bonds is 5. The van der Waals surface area contributed by atoms with Crippen molar-refractivity contribution in [3.63, 3.8) is 0 Å². The van der Waals surface area contributed by atoms with Gasteiger partial charge >= 0.3 is 0 Å². The van der Waals surface area contributed by atoms with Crippen molar-refractivity contribution in [3.05, 3.63) is 64.8 Å². The Morgan fingerprint density at radius 2 is 2.07 bits per heavy atom. The number of amides is 1. The maximum absolute atomic E-state index is 13.1. The smallest absolute Gasteiger partial charge is 0.263 e. The predicted octanol–water partition coefficient (Wildman–Crippen LogP) is 3.93. The molecule has 3 heterocycles. The third-order valence-electron chi connectivity index (χ3n) is 4.57. The van der Waals surface area contributed by atoms with E-state index in [1.165, 1.54) is 23.1 Å². The van der Waals surface area contributed by atoms with Gasteiger partial charge in [0, 0.05) is 18.8 Å². The molecule has 1 amide bonds. The van der Waals surface area contributed by atoms with E-state index >= 15 is 0 Å². The van der Waals surface area contributed by atoms with E-state index < -0.39 is 0 Å². The van der Waals surface area contributed by atoms with Crippen LogP contribution in [0.4, 0.5) is 5.69 Å². The predicted molar refractivity (Wildman–Crippen MR) is 112 cm³/mol. The Morgan fingerprint density at radius 3 is 2.85 bits per heavy atom. The second kappa shape index (κ2) is 7.70. The van der Waals surface area contributed by atoms with Crippen LogP contribution in [0.3, 0.4) is 0 Å². The van der Waals surface area contributed by atoms with Crippen molar-refractivity contribution in [1.82, 2.24) is 9.55 Å². The van der Waals surface area contributed by atoms with E-state index in [-0.39, 0.29) is 16.7 Å². The maximum Gasteiger partial charge on any atom is 0.263 e. The summed E-state index contributed by atoms with van der Waals surface area (Å²) in [6.45, 7) is 4.85. The highest BCUT2D eigenvalue weighted by atomic mass is 32.2. The van der Waals surface area contributed by atoms with Gasteiger partial charge in [-0.1, -0.05) is 36.0 Å². The number of carbonyl (C=O) groups is 1. The number of piperidine rings is 1. The number of allylic oxidation sites excluding steroid dienone is 1. The first-order valence-corrected chi connectivity index (χ1v) is 10.6. The SMILES string of the molecule is C=CCn1c(SC2CCCN(c3ccccc3)C2=O)nc2sccc2c1=O. The Kier molecular flexibility index (Phi) is 5.13. The molecule has 0 saturated carbocycles. The summed E-state index contributed by atoms with van der Waals surface area (Å²) in [5.74, 6) is 0.0723. The van der Waals surface area contributed by atoms with Gasteiger partial charge in [0.05, 0.1) is 10.6 Å². The fourth-order valence-electron chi connectivity index (χ4n) is 3.25. The third-order valence-corrected chi connectivity index (χ3v) is 6.62. The molecule has 0 aliphatic carbocycles. The molecule has 138 valence electrons. The lowest BCUT2D eigenvalue weighted by molar-refractivity contribution is -0.119. The molecule has 0 spiro atoms. The minimum absolute atomic E-state index is 0.0723. The number of hydrogen-bond donors (Lipinski definition) is 0. The van der Waals surface area contributed by atoms with Crippen molar-refractivity contribution in [2.75, 3.05) is 11.4 Å². The standard InChI is InChI=1S/C20H19N3O2S2/c1-2-11-23-18(24)15-10-13-26-17(15)21-20(23)27-16-9-6-12-22(19(16)25)14-7-4-3-5-8-14/h2-5,7-8,10,13,16H,1,6,9,11-12H2. The Balaban J connectivity index is 1.67. The second-order valence-corrected chi connectivity index (χ2v) is 8.38. The van der Waals surface area contributed by atoms with Gasteiger partial charge in [0.2, 0.25) is 5.91 Å². The van der Waals surface area contributed by atoms with Gasteiger partial charge < -0.3 is 4.90 Å². The zero-order chi connectivity index (χ0) is 18.8. The molecular weight excluding hydrogens is 378 g/mol. The molecule has 7 heteroatoms. The Labute approximate surface area is 165 Å². The van der Waals surface area contributed by atoms with Crippen LogP contribution in [0, 0.1) is 0 Å². The van der Waals surface area contributed by atoms with Gasteiger partial charge in [-0.25, -0.2) is 4.98 Å². The molecule has 2 aromatic heterocycles. The lowest BCUT2D eigenvalue weighted by Gasteiger charge is -2.32. The largest absolute Gasteiger partial charge is 0.311 e. The van der Waals surface area contributed by atoms with Crippen LogP contribution >= 0.6 is 23.1 Å². The number of fused-ring (bicyclic) bond motifs is 1. The van der Waals surface area contributed by atoms with Crippen LogP contribution in [-0.4, -0.2) is 27.3 Å². The van der Waals surface area contributed by atoms with Gasteiger partial charge in [-0.05, 0) is 36.4 Å². The molecule has 0 bridgehead atoms. The average molecular weight is 398 g/mol. The quantitative estimate of drug-likeness (QED) is 0.483. The zero-order valence-corrected chi connectivity index (χ0v) is 16.3. The first-order chi connectivity index (χ1) is 13.2. The molecule has 1 aliphatic rings. The lowest BCUT2D eigenvalue weighted by Crippen LogP contribution is -2.43. The number of nitrogens with zero attached hydrogens (tertiary/aromatic N) is 3. The summed E-state index contributed by atoms with van der Waals surface area (Å²) in [7, 11) is 0. The molecule has 1 atom stereocenters. The van der Waals surface area contributed by atoms with Crippen LogP contribution in [0.1, 0.15) is 12.8 Å². The summed E-state index contributed by atoms with van der Waals surface area (Å²) in [6, 6.07) is 11.5. The maximum atomic E-state index is 13.1. The zero-order valence-electron chi connectivity index (χ0n) is 14.7.